The number of anilines is 1. The summed E-state index contributed by atoms with van der Waals surface area (Å²) in [7, 11) is -1.13. The van der Waals surface area contributed by atoms with E-state index in [-0.39, 0.29) is 0 Å². The quantitative estimate of drug-likeness (QED) is 0.752. The molecule has 4 nitrogen and oxygen atoms in total. The molecule has 0 aliphatic heterocycles. The lowest BCUT2D eigenvalue weighted by Gasteiger charge is -1.97. The number of thiazole rings is 1. The summed E-state index contributed by atoms with van der Waals surface area (Å²) in [5.74, 6) is 0.456. The maximum atomic E-state index is 12.3. The van der Waals surface area contributed by atoms with Crippen molar-refractivity contribution in [2.45, 2.75) is 10.1 Å². The van der Waals surface area contributed by atoms with Crippen molar-refractivity contribution in [3.63, 3.8) is 0 Å². The molecular weight excluding hydrogens is 278 g/mol. The van der Waals surface area contributed by atoms with Crippen molar-refractivity contribution in [2.24, 2.45) is 0 Å². The van der Waals surface area contributed by atoms with Crippen molar-refractivity contribution >= 4 is 38.0 Å². The second-order valence-electron chi connectivity index (χ2n) is 4.05. The molecular formula is C13H11N3OS2. The van der Waals surface area contributed by atoms with E-state index in [4.69, 9.17) is 5.73 Å². The molecule has 1 atom stereocenters. The minimum atomic E-state index is -1.13. The van der Waals surface area contributed by atoms with Crippen LogP contribution in [0, 0.1) is 0 Å². The minimum absolute atomic E-state index is 0.456. The Kier molecular flexibility index (Phi) is 3.27. The van der Waals surface area contributed by atoms with E-state index in [2.05, 4.69) is 9.97 Å². The highest BCUT2D eigenvalue weighted by molar-refractivity contribution is 7.86. The normalized spacial score (nSPS) is 12.6. The third kappa shape index (κ3) is 2.64. The molecule has 2 aromatic heterocycles. The van der Waals surface area contributed by atoms with Crippen LogP contribution in [0.25, 0.3) is 10.2 Å². The van der Waals surface area contributed by atoms with E-state index in [0.29, 0.717) is 15.8 Å². The lowest BCUT2D eigenvalue weighted by atomic mass is 10.3. The summed E-state index contributed by atoms with van der Waals surface area (Å²) in [5.41, 5.74) is 8.26. The number of benzene rings is 1. The Bertz CT molecular complexity index is 740. The monoisotopic (exact) mass is 289 g/mol. The minimum Gasteiger partial charge on any atom is -0.399 e. The Balaban J connectivity index is 1.89. The number of fused-ring (bicyclic) bond motifs is 1. The first-order valence-electron chi connectivity index (χ1n) is 5.66. The first-order valence-corrected chi connectivity index (χ1v) is 7.79. The molecule has 3 rings (SSSR count). The van der Waals surface area contributed by atoms with E-state index in [1.165, 1.54) is 11.3 Å². The van der Waals surface area contributed by atoms with Gasteiger partial charge in [0.05, 0.1) is 26.8 Å². The van der Waals surface area contributed by atoms with E-state index in [1.54, 1.807) is 18.5 Å². The number of nitrogen functional groups attached to an aromatic ring is 1. The molecule has 0 aliphatic carbocycles. The van der Waals surface area contributed by atoms with Gasteiger partial charge in [-0.2, -0.15) is 0 Å². The summed E-state index contributed by atoms with van der Waals surface area (Å²) < 4.78 is 13.9. The number of rotatable bonds is 3. The summed E-state index contributed by atoms with van der Waals surface area (Å²) >= 11 is 1.43. The smallest absolute Gasteiger partial charge is 0.182 e. The van der Waals surface area contributed by atoms with E-state index in [9.17, 15) is 4.21 Å². The predicted molar refractivity (Wildman–Crippen MR) is 78.4 cm³/mol. The van der Waals surface area contributed by atoms with E-state index < -0.39 is 10.8 Å². The van der Waals surface area contributed by atoms with Crippen molar-refractivity contribution in [1.82, 2.24) is 9.97 Å². The molecule has 0 fully saturated rings. The molecule has 96 valence electrons. The third-order valence-corrected chi connectivity index (χ3v) is 5.33. The zero-order chi connectivity index (χ0) is 13.2. The van der Waals surface area contributed by atoms with Crippen molar-refractivity contribution in [2.75, 3.05) is 5.73 Å². The van der Waals surface area contributed by atoms with Gasteiger partial charge in [-0.1, -0.05) is 0 Å². The van der Waals surface area contributed by atoms with Crippen LogP contribution in [0.2, 0.25) is 0 Å². The number of nitrogens with zero attached hydrogens (tertiary/aromatic N) is 2. The third-order valence-electron chi connectivity index (χ3n) is 2.63. The van der Waals surface area contributed by atoms with Crippen LogP contribution in [-0.4, -0.2) is 14.2 Å². The van der Waals surface area contributed by atoms with E-state index >= 15 is 0 Å². The average molecular weight is 289 g/mol. The SMILES string of the molecule is Nc1ccc2nc(S(=O)Cc3ccncc3)sc2c1. The van der Waals surface area contributed by atoms with Crippen LogP contribution in [0.5, 0.6) is 0 Å². The average Bonchev–Trinajstić information content (AvgIpc) is 2.83. The fourth-order valence-electron chi connectivity index (χ4n) is 1.71. The fourth-order valence-corrected chi connectivity index (χ4v) is 4.09. The van der Waals surface area contributed by atoms with Gasteiger partial charge in [0.25, 0.3) is 0 Å². The van der Waals surface area contributed by atoms with Gasteiger partial charge in [0, 0.05) is 18.1 Å². The van der Waals surface area contributed by atoms with E-state index in [1.807, 2.05) is 24.3 Å². The van der Waals surface area contributed by atoms with Crippen LogP contribution in [0.15, 0.2) is 47.1 Å². The van der Waals surface area contributed by atoms with Gasteiger partial charge in [0.1, 0.15) is 0 Å². The Morgan fingerprint density at radius 3 is 2.79 bits per heavy atom. The summed E-state index contributed by atoms with van der Waals surface area (Å²) in [4.78, 5) is 8.34. The first kappa shape index (κ1) is 12.3. The fraction of sp³-hybridized carbons (Fsp3) is 0.0769. The second-order valence-corrected chi connectivity index (χ2v) is 6.71. The summed E-state index contributed by atoms with van der Waals surface area (Å²) in [6, 6.07) is 9.25. The first-order chi connectivity index (χ1) is 9.22. The molecule has 1 aromatic carbocycles. The summed E-state index contributed by atoms with van der Waals surface area (Å²) in [6.07, 6.45) is 3.40. The van der Waals surface area contributed by atoms with Gasteiger partial charge in [0.15, 0.2) is 4.34 Å². The van der Waals surface area contributed by atoms with Gasteiger partial charge in [0.2, 0.25) is 0 Å². The highest BCUT2D eigenvalue weighted by Crippen LogP contribution is 2.27. The zero-order valence-corrected chi connectivity index (χ0v) is 11.6. The molecule has 0 aliphatic rings. The Hall–Kier alpha value is -1.79. The largest absolute Gasteiger partial charge is 0.399 e. The summed E-state index contributed by atoms with van der Waals surface area (Å²) in [6.45, 7) is 0. The van der Waals surface area contributed by atoms with Crippen LogP contribution in [0.1, 0.15) is 5.56 Å². The summed E-state index contributed by atoms with van der Waals surface area (Å²) in [5, 5.41) is 0. The Morgan fingerprint density at radius 1 is 1.21 bits per heavy atom. The van der Waals surface area contributed by atoms with Gasteiger partial charge in [-0.3, -0.25) is 9.19 Å². The number of hydrogen-bond acceptors (Lipinski definition) is 5. The lowest BCUT2D eigenvalue weighted by molar-refractivity contribution is 0.682. The molecule has 19 heavy (non-hydrogen) atoms. The maximum Gasteiger partial charge on any atom is 0.182 e. The molecule has 2 heterocycles. The predicted octanol–water partition coefficient (Wildman–Crippen LogP) is 2.58. The highest BCUT2D eigenvalue weighted by Gasteiger charge is 2.11. The Morgan fingerprint density at radius 2 is 2.00 bits per heavy atom. The van der Waals surface area contributed by atoms with Gasteiger partial charge in [-0.05, 0) is 35.9 Å². The molecule has 0 saturated heterocycles. The highest BCUT2D eigenvalue weighted by atomic mass is 32.2. The van der Waals surface area contributed by atoms with Crippen LogP contribution in [0.4, 0.5) is 5.69 Å². The van der Waals surface area contributed by atoms with Gasteiger partial charge in [-0.25, -0.2) is 4.98 Å². The van der Waals surface area contributed by atoms with Crippen molar-refractivity contribution in [1.29, 1.82) is 0 Å². The van der Waals surface area contributed by atoms with Crippen LogP contribution in [0.3, 0.4) is 0 Å². The van der Waals surface area contributed by atoms with Gasteiger partial charge >= 0.3 is 0 Å². The van der Waals surface area contributed by atoms with Gasteiger partial charge in [-0.15, -0.1) is 11.3 Å². The van der Waals surface area contributed by atoms with E-state index in [0.717, 1.165) is 15.8 Å². The molecule has 0 spiro atoms. The second kappa shape index (κ2) is 5.07. The molecule has 0 saturated carbocycles. The van der Waals surface area contributed by atoms with Crippen molar-refractivity contribution < 1.29 is 4.21 Å². The van der Waals surface area contributed by atoms with Gasteiger partial charge < -0.3 is 5.73 Å². The molecule has 0 radical (unpaired) electrons. The molecule has 3 aromatic rings. The zero-order valence-electron chi connectivity index (χ0n) is 9.95. The van der Waals surface area contributed by atoms with Crippen LogP contribution < -0.4 is 5.73 Å². The maximum absolute atomic E-state index is 12.3. The van der Waals surface area contributed by atoms with Crippen molar-refractivity contribution in [3.05, 3.63) is 48.3 Å². The molecule has 6 heteroatoms. The molecule has 0 bridgehead atoms. The number of hydrogen-bond donors (Lipinski definition) is 1. The van der Waals surface area contributed by atoms with Crippen molar-refractivity contribution in [3.8, 4) is 0 Å². The number of pyridine rings is 1. The topological polar surface area (TPSA) is 68.9 Å². The number of nitrogens with two attached hydrogens (primary N) is 1. The van der Waals surface area contributed by atoms with Crippen LogP contribution >= 0.6 is 11.3 Å². The molecule has 0 amide bonds. The standard InChI is InChI=1S/C13H11N3OS2/c14-10-1-2-11-12(7-10)18-13(16-11)19(17)8-9-3-5-15-6-4-9/h1-7H,8,14H2. The lowest BCUT2D eigenvalue weighted by Crippen LogP contribution is -1.95. The van der Waals surface area contributed by atoms with Crippen LogP contribution in [-0.2, 0) is 16.6 Å². The molecule has 2 N–H and O–H groups in total. The molecule has 1 unspecified atom stereocenters. The number of aromatic nitrogens is 2. The Labute approximate surface area is 116 Å².